The van der Waals surface area contributed by atoms with Crippen LogP contribution in [0.3, 0.4) is 0 Å². The van der Waals surface area contributed by atoms with E-state index in [2.05, 4.69) is 31.0 Å². The van der Waals surface area contributed by atoms with E-state index < -0.39 is 0 Å². The molecular weight excluding hydrogens is 248 g/mol. The maximum atomic E-state index is 6.37. The fraction of sp³-hybridized carbons (Fsp3) is 0.353. The van der Waals surface area contributed by atoms with Gasteiger partial charge in [0.15, 0.2) is 0 Å². The minimum Gasteiger partial charge on any atom is -0.496 e. The molecule has 1 aromatic carbocycles. The summed E-state index contributed by atoms with van der Waals surface area (Å²) in [4.78, 5) is 4.13. The summed E-state index contributed by atoms with van der Waals surface area (Å²) in [7, 11) is 1.70. The molecule has 0 amide bonds. The molecule has 0 aliphatic carbocycles. The fourth-order valence-corrected chi connectivity index (χ4v) is 2.60. The minimum atomic E-state index is -0.0224. The Morgan fingerprint density at radius 3 is 2.75 bits per heavy atom. The van der Waals surface area contributed by atoms with Crippen molar-refractivity contribution >= 4 is 0 Å². The molecule has 106 valence electrons. The summed E-state index contributed by atoms with van der Waals surface area (Å²) >= 11 is 0. The van der Waals surface area contributed by atoms with Crippen molar-refractivity contribution in [1.29, 1.82) is 0 Å². The summed E-state index contributed by atoms with van der Waals surface area (Å²) in [6.45, 7) is 4.16. The van der Waals surface area contributed by atoms with Gasteiger partial charge in [0.25, 0.3) is 0 Å². The van der Waals surface area contributed by atoms with E-state index in [-0.39, 0.29) is 6.04 Å². The largest absolute Gasteiger partial charge is 0.496 e. The first kappa shape index (κ1) is 14.5. The van der Waals surface area contributed by atoms with Gasteiger partial charge in [-0.1, -0.05) is 12.1 Å². The van der Waals surface area contributed by atoms with E-state index in [9.17, 15) is 0 Å². The topological polar surface area (TPSA) is 48.1 Å². The fourth-order valence-electron chi connectivity index (χ4n) is 2.60. The molecule has 2 N–H and O–H groups in total. The van der Waals surface area contributed by atoms with Crippen molar-refractivity contribution in [3.8, 4) is 5.75 Å². The molecule has 3 nitrogen and oxygen atoms in total. The lowest BCUT2D eigenvalue weighted by Gasteiger charge is -2.19. The van der Waals surface area contributed by atoms with Crippen molar-refractivity contribution in [2.45, 2.75) is 32.7 Å². The van der Waals surface area contributed by atoms with Gasteiger partial charge in [-0.15, -0.1) is 0 Å². The van der Waals surface area contributed by atoms with Crippen molar-refractivity contribution < 1.29 is 4.74 Å². The lowest BCUT2D eigenvalue weighted by Crippen LogP contribution is -2.14. The van der Waals surface area contributed by atoms with Crippen LogP contribution in [0.4, 0.5) is 0 Å². The van der Waals surface area contributed by atoms with Crippen LogP contribution in [0.25, 0.3) is 0 Å². The SMILES string of the molecule is COc1cc(C)cc(C)c1C(N)CCc1cccnc1. The van der Waals surface area contributed by atoms with Gasteiger partial charge < -0.3 is 10.5 Å². The van der Waals surface area contributed by atoms with Crippen LogP contribution >= 0.6 is 0 Å². The average Bonchev–Trinajstić information content (AvgIpc) is 2.45. The van der Waals surface area contributed by atoms with Crippen LogP contribution in [0.1, 0.15) is 34.7 Å². The normalized spacial score (nSPS) is 12.2. The van der Waals surface area contributed by atoms with Gasteiger partial charge in [-0.3, -0.25) is 4.98 Å². The lowest BCUT2D eigenvalue weighted by atomic mass is 9.94. The van der Waals surface area contributed by atoms with E-state index in [0.29, 0.717) is 0 Å². The molecular formula is C17H22N2O. The van der Waals surface area contributed by atoms with Crippen LogP contribution in [0.15, 0.2) is 36.7 Å². The van der Waals surface area contributed by atoms with E-state index in [4.69, 9.17) is 10.5 Å². The van der Waals surface area contributed by atoms with Crippen molar-refractivity contribution in [2.75, 3.05) is 7.11 Å². The van der Waals surface area contributed by atoms with Crippen LogP contribution < -0.4 is 10.5 Å². The molecule has 2 rings (SSSR count). The van der Waals surface area contributed by atoms with Gasteiger partial charge in [-0.2, -0.15) is 0 Å². The highest BCUT2D eigenvalue weighted by atomic mass is 16.5. The van der Waals surface area contributed by atoms with E-state index in [1.807, 2.05) is 18.3 Å². The van der Waals surface area contributed by atoms with Gasteiger partial charge in [0.2, 0.25) is 0 Å². The predicted molar refractivity (Wildman–Crippen MR) is 82.0 cm³/mol. The molecule has 0 saturated carbocycles. The third kappa shape index (κ3) is 3.36. The number of hydrogen-bond acceptors (Lipinski definition) is 3. The predicted octanol–water partition coefficient (Wildman–Crippen LogP) is 3.34. The molecule has 0 bridgehead atoms. The second-order valence-electron chi connectivity index (χ2n) is 5.20. The molecule has 1 unspecified atom stereocenters. The lowest BCUT2D eigenvalue weighted by molar-refractivity contribution is 0.403. The second kappa shape index (κ2) is 6.53. The number of nitrogens with two attached hydrogens (primary N) is 1. The van der Waals surface area contributed by atoms with Crippen LogP contribution in [-0.4, -0.2) is 12.1 Å². The summed E-state index contributed by atoms with van der Waals surface area (Å²) in [6.07, 6.45) is 5.49. The van der Waals surface area contributed by atoms with Crippen LogP contribution in [0.5, 0.6) is 5.75 Å². The van der Waals surface area contributed by atoms with Gasteiger partial charge in [0.05, 0.1) is 7.11 Å². The number of pyridine rings is 1. The molecule has 0 saturated heterocycles. The minimum absolute atomic E-state index is 0.0224. The zero-order chi connectivity index (χ0) is 14.5. The van der Waals surface area contributed by atoms with Gasteiger partial charge in [0.1, 0.15) is 5.75 Å². The summed E-state index contributed by atoms with van der Waals surface area (Å²) in [5.41, 5.74) is 11.1. The average molecular weight is 270 g/mol. The van der Waals surface area contributed by atoms with Gasteiger partial charge in [-0.25, -0.2) is 0 Å². The highest BCUT2D eigenvalue weighted by Gasteiger charge is 2.15. The van der Waals surface area contributed by atoms with E-state index in [0.717, 1.165) is 24.2 Å². The van der Waals surface area contributed by atoms with Crippen molar-refractivity contribution in [2.24, 2.45) is 5.73 Å². The zero-order valence-corrected chi connectivity index (χ0v) is 12.4. The van der Waals surface area contributed by atoms with Crippen LogP contribution in [-0.2, 0) is 6.42 Å². The molecule has 0 aliphatic heterocycles. The third-order valence-corrected chi connectivity index (χ3v) is 3.55. The first-order valence-corrected chi connectivity index (χ1v) is 6.91. The van der Waals surface area contributed by atoms with Crippen LogP contribution in [0.2, 0.25) is 0 Å². The molecule has 0 aliphatic rings. The number of methoxy groups -OCH3 is 1. The number of aromatic nitrogens is 1. The Bertz CT molecular complexity index is 567. The number of hydrogen-bond donors (Lipinski definition) is 1. The first-order chi connectivity index (χ1) is 9.61. The van der Waals surface area contributed by atoms with Gasteiger partial charge >= 0.3 is 0 Å². The van der Waals surface area contributed by atoms with Crippen molar-refractivity contribution in [3.05, 3.63) is 58.9 Å². The number of ether oxygens (including phenoxy) is 1. The maximum absolute atomic E-state index is 6.37. The highest BCUT2D eigenvalue weighted by molar-refractivity contribution is 5.45. The third-order valence-electron chi connectivity index (χ3n) is 3.55. The van der Waals surface area contributed by atoms with Crippen molar-refractivity contribution in [3.63, 3.8) is 0 Å². The molecule has 1 atom stereocenters. The smallest absolute Gasteiger partial charge is 0.124 e. The Hall–Kier alpha value is -1.87. The molecule has 0 fully saturated rings. The number of rotatable bonds is 5. The Balaban J connectivity index is 2.15. The first-order valence-electron chi connectivity index (χ1n) is 6.91. The van der Waals surface area contributed by atoms with E-state index in [1.54, 1.807) is 13.3 Å². The van der Waals surface area contributed by atoms with E-state index >= 15 is 0 Å². The summed E-state index contributed by atoms with van der Waals surface area (Å²) < 4.78 is 5.49. The van der Waals surface area contributed by atoms with Crippen molar-refractivity contribution in [1.82, 2.24) is 4.98 Å². The van der Waals surface area contributed by atoms with Gasteiger partial charge in [0, 0.05) is 24.0 Å². The van der Waals surface area contributed by atoms with Gasteiger partial charge in [-0.05, 0) is 55.5 Å². The summed E-state index contributed by atoms with van der Waals surface area (Å²) in [6, 6.07) is 8.22. The summed E-state index contributed by atoms with van der Waals surface area (Å²) in [5, 5.41) is 0. The monoisotopic (exact) mass is 270 g/mol. The highest BCUT2D eigenvalue weighted by Crippen LogP contribution is 2.31. The standard InChI is InChI=1S/C17H22N2O/c1-12-9-13(2)17(16(10-12)20-3)15(18)7-6-14-5-4-8-19-11-14/h4-5,8-11,15H,6-7,18H2,1-3H3. The number of aryl methyl sites for hydroxylation is 3. The zero-order valence-electron chi connectivity index (χ0n) is 12.4. The number of nitrogens with zero attached hydrogens (tertiary/aromatic N) is 1. The Morgan fingerprint density at radius 2 is 2.10 bits per heavy atom. The molecule has 0 radical (unpaired) electrons. The number of benzene rings is 1. The molecule has 0 spiro atoms. The Kier molecular flexibility index (Phi) is 4.74. The molecule has 1 aromatic heterocycles. The molecule has 3 heteroatoms. The molecule has 2 aromatic rings. The van der Waals surface area contributed by atoms with E-state index in [1.165, 1.54) is 16.7 Å². The Morgan fingerprint density at radius 1 is 1.30 bits per heavy atom. The van der Waals surface area contributed by atoms with Crippen LogP contribution in [0, 0.1) is 13.8 Å². The molecule has 20 heavy (non-hydrogen) atoms. The quantitative estimate of drug-likeness (QED) is 0.906. The summed E-state index contributed by atoms with van der Waals surface area (Å²) in [5.74, 6) is 0.890. The maximum Gasteiger partial charge on any atom is 0.124 e. The second-order valence-corrected chi connectivity index (χ2v) is 5.20. The molecule has 1 heterocycles. The Labute approximate surface area is 120 Å².